The van der Waals surface area contributed by atoms with E-state index >= 15 is 0 Å². The molecule has 0 aliphatic carbocycles. The van der Waals surface area contributed by atoms with Crippen molar-refractivity contribution in [1.82, 2.24) is 9.78 Å². The minimum absolute atomic E-state index is 0.0573. The van der Waals surface area contributed by atoms with Crippen LogP contribution in [-0.2, 0) is 0 Å². The second-order valence-electron chi connectivity index (χ2n) is 5.69. The Labute approximate surface area is 139 Å². The first-order valence-corrected chi connectivity index (χ1v) is 7.66. The fourth-order valence-electron chi connectivity index (χ4n) is 2.57. The molecule has 1 N–H and O–H groups in total. The van der Waals surface area contributed by atoms with E-state index < -0.39 is 0 Å². The molecule has 0 fully saturated rings. The van der Waals surface area contributed by atoms with E-state index in [9.17, 15) is 10.1 Å². The summed E-state index contributed by atoms with van der Waals surface area (Å²) < 4.78 is 1.78. The third-order valence-corrected chi connectivity index (χ3v) is 3.88. The van der Waals surface area contributed by atoms with Crippen molar-refractivity contribution in [2.75, 3.05) is 5.32 Å². The standard InChI is InChI=1S/C18H18N4O2/c1-13-4-9-17(18(12-13)22(23)24)20-14(2)15-5-7-16(8-6-15)21-11-3-10-19-21/h3-12,14,20H,1-2H3. The maximum atomic E-state index is 11.2. The molecule has 6 nitrogen and oxygen atoms in total. The average Bonchev–Trinajstić information content (AvgIpc) is 3.11. The summed E-state index contributed by atoms with van der Waals surface area (Å²) in [6, 6.07) is 14.9. The predicted molar refractivity (Wildman–Crippen MR) is 93.4 cm³/mol. The zero-order valence-corrected chi connectivity index (χ0v) is 13.5. The van der Waals surface area contributed by atoms with Crippen molar-refractivity contribution in [1.29, 1.82) is 0 Å². The lowest BCUT2D eigenvalue weighted by Crippen LogP contribution is -2.08. The molecular formula is C18H18N4O2. The normalized spacial score (nSPS) is 11.9. The van der Waals surface area contributed by atoms with Gasteiger partial charge in [0.2, 0.25) is 0 Å². The van der Waals surface area contributed by atoms with Crippen LogP contribution in [0.15, 0.2) is 60.9 Å². The van der Waals surface area contributed by atoms with E-state index in [4.69, 9.17) is 0 Å². The molecule has 0 aliphatic heterocycles. The zero-order valence-electron chi connectivity index (χ0n) is 13.5. The number of benzene rings is 2. The summed E-state index contributed by atoms with van der Waals surface area (Å²) in [5.41, 5.74) is 3.49. The molecule has 0 spiro atoms. The Morgan fingerprint density at radius 3 is 2.58 bits per heavy atom. The van der Waals surface area contributed by atoms with Crippen LogP contribution in [0.1, 0.15) is 24.1 Å². The maximum absolute atomic E-state index is 11.2. The molecule has 2 aromatic carbocycles. The average molecular weight is 322 g/mol. The van der Waals surface area contributed by atoms with Crippen molar-refractivity contribution < 1.29 is 4.92 Å². The maximum Gasteiger partial charge on any atom is 0.292 e. The first kappa shape index (κ1) is 15.7. The minimum Gasteiger partial charge on any atom is -0.373 e. The first-order chi connectivity index (χ1) is 11.5. The van der Waals surface area contributed by atoms with E-state index in [0.29, 0.717) is 5.69 Å². The van der Waals surface area contributed by atoms with Crippen LogP contribution in [0.4, 0.5) is 11.4 Å². The smallest absolute Gasteiger partial charge is 0.292 e. The van der Waals surface area contributed by atoms with E-state index in [0.717, 1.165) is 16.8 Å². The highest BCUT2D eigenvalue weighted by molar-refractivity contribution is 5.63. The number of rotatable bonds is 5. The van der Waals surface area contributed by atoms with Gasteiger partial charge in [0.15, 0.2) is 0 Å². The fourth-order valence-corrected chi connectivity index (χ4v) is 2.57. The third-order valence-electron chi connectivity index (χ3n) is 3.88. The third kappa shape index (κ3) is 3.27. The number of anilines is 1. The van der Waals surface area contributed by atoms with Crippen molar-refractivity contribution in [3.05, 3.63) is 82.2 Å². The highest BCUT2D eigenvalue weighted by Gasteiger charge is 2.16. The van der Waals surface area contributed by atoms with Gasteiger partial charge in [-0.1, -0.05) is 18.2 Å². The van der Waals surface area contributed by atoms with Crippen LogP contribution in [0.3, 0.4) is 0 Å². The molecule has 1 unspecified atom stereocenters. The molecule has 0 radical (unpaired) electrons. The lowest BCUT2D eigenvalue weighted by atomic mass is 10.1. The Balaban J connectivity index is 1.80. The molecule has 0 aliphatic rings. The molecule has 0 saturated carbocycles. The van der Waals surface area contributed by atoms with Crippen LogP contribution >= 0.6 is 0 Å². The van der Waals surface area contributed by atoms with Crippen molar-refractivity contribution in [3.63, 3.8) is 0 Å². The Morgan fingerprint density at radius 2 is 1.96 bits per heavy atom. The second-order valence-corrected chi connectivity index (χ2v) is 5.69. The molecule has 122 valence electrons. The Kier molecular flexibility index (Phi) is 4.29. The van der Waals surface area contributed by atoms with Gasteiger partial charge in [-0.05, 0) is 49.2 Å². The SMILES string of the molecule is Cc1ccc(NC(C)c2ccc(-n3cccn3)cc2)c([N+](=O)[O-])c1. The minimum atomic E-state index is -0.358. The van der Waals surface area contributed by atoms with Crippen LogP contribution < -0.4 is 5.32 Å². The topological polar surface area (TPSA) is 73.0 Å². The van der Waals surface area contributed by atoms with Crippen molar-refractivity contribution in [3.8, 4) is 5.69 Å². The van der Waals surface area contributed by atoms with Crippen LogP contribution in [0, 0.1) is 17.0 Å². The number of aryl methyl sites for hydroxylation is 1. The summed E-state index contributed by atoms with van der Waals surface area (Å²) in [5.74, 6) is 0. The lowest BCUT2D eigenvalue weighted by Gasteiger charge is -2.16. The summed E-state index contributed by atoms with van der Waals surface area (Å²) in [7, 11) is 0. The summed E-state index contributed by atoms with van der Waals surface area (Å²) in [4.78, 5) is 10.9. The highest BCUT2D eigenvalue weighted by atomic mass is 16.6. The fraction of sp³-hybridized carbons (Fsp3) is 0.167. The molecule has 0 bridgehead atoms. The largest absolute Gasteiger partial charge is 0.373 e. The number of nitrogens with zero attached hydrogens (tertiary/aromatic N) is 3. The summed E-state index contributed by atoms with van der Waals surface area (Å²) in [6.45, 7) is 3.82. The number of nitro benzene ring substituents is 1. The van der Waals surface area contributed by atoms with Crippen molar-refractivity contribution >= 4 is 11.4 Å². The van der Waals surface area contributed by atoms with Gasteiger partial charge < -0.3 is 5.32 Å². The number of hydrogen-bond acceptors (Lipinski definition) is 4. The van der Waals surface area contributed by atoms with Crippen molar-refractivity contribution in [2.45, 2.75) is 19.9 Å². The van der Waals surface area contributed by atoms with Gasteiger partial charge >= 0.3 is 0 Å². The van der Waals surface area contributed by atoms with Gasteiger partial charge in [-0.15, -0.1) is 0 Å². The molecule has 6 heteroatoms. The molecular weight excluding hydrogens is 304 g/mol. The van der Waals surface area contributed by atoms with Gasteiger partial charge in [0.05, 0.1) is 10.6 Å². The molecule has 1 aromatic heterocycles. The van der Waals surface area contributed by atoms with Gasteiger partial charge in [-0.2, -0.15) is 5.10 Å². The summed E-state index contributed by atoms with van der Waals surface area (Å²) >= 11 is 0. The summed E-state index contributed by atoms with van der Waals surface area (Å²) in [5, 5.41) is 18.6. The van der Waals surface area contributed by atoms with Crippen molar-refractivity contribution in [2.24, 2.45) is 0 Å². The molecule has 3 rings (SSSR count). The molecule has 24 heavy (non-hydrogen) atoms. The monoisotopic (exact) mass is 322 g/mol. The van der Waals surface area contributed by atoms with Gasteiger partial charge in [-0.3, -0.25) is 10.1 Å². The lowest BCUT2D eigenvalue weighted by molar-refractivity contribution is -0.384. The Bertz CT molecular complexity index is 842. The van der Waals surface area contributed by atoms with Gasteiger partial charge in [0.25, 0.3) is 5.69 Å². The molecule has 3 aromatic rings. The van der Waals surface area contributed by atoms with E-state index in [1.165, 1.54) is 0 Å². The second kappa shape index (κ2) is 6.54. The van der Waals surface area contributed by atoms with E-state index in [-0.39, 0.29) is 16.7 Å². The summed E-state index contributed by atoms with van der Waals surface area (Å²) in [6.07, 6.45) is 3.61. The molecule has 0 amide bonds. The number of nitro groups is 1. The molecule has 1 atom stereocenters. The van der Waals surface area contributed by atoms with E-state index in [1.54, 1.807) is 23.0 Å². The van der Waals surface area contributed by atoms with E-state index in [2.05, 4.69) is 10.4 Å². The quantitative estimate of drug-likeness (QED) is 0.562. The van der Waals surface area contributed by atoms with Crippen LogP contribution in [0.5, 0.6) is 0 Å². The number of aromatic nitrogens is 2. The van der Waals surface area contributed by atoms with Crippen LogP contribution in [0.2, 0.25) is 0 Å². The number of hydrogen-bond donors (Lipinski definition) is 1. The van der Waals surface area contributed by atoms with Crippen LogP contribution in [-0.4, -0.2) is 14.7 Å². The van der Waals surface area contributed by atoms with Gasteiger partial charge in [0, 0.05) is 24.5 Å². The van der Waals surface area contributed by atoms with Gasteiger partial charge in [0.1, 0.15) is 5.69 Å². The Morgan fingerprint density at radius 1 is 1.21 bits per heavy atom. The number of nitrogens with one attached hydrogen (secondary N) is 1. The van der Waals surface area contributed by atoms with E-state index in [1.807, 2.05) is 56.4 Å². The predicted octanol–water partition coefficient (Wildman–Crippen LogP) is 4.26. The van der Waals surface area contributed by atoms with Crippen LogP contribution in [0.25, 0.3) is 5.69 Å². The first-order valence-electron chi connectivity index (χ1n) is 7.66. The zero-order chi connectivity index (χ0) is 17.1. The van der Waals surface area contributed by atoms with Gasteiger partial charge in [-0.25, -0.2) is 4.68 Å². The Hall–Kier alpha value is -3.15. The molecule has 0 saturated heterocycles. The highest BCUT2D eigenvalue weighted by Crippen LogP contribution is 2.29. The molecule has 1 heterocycles.